The molecule has 5 rings (SSSR count). The first kappa shape index (κ1) is 15.5. The molecule has 3 nitrogen and oxygen atoms in total. The monoisotopic (exact) mass is 345 g/mol. The highest BCUT2D eigenvalue weighted by molar-refractivity contribution is 5.85. The standard InChI is InChI=1S/C21H15N3.ClH/c1-3-9-16(10-4-1)20-15-23(17-11-5-2-6-12-17)21-22-18-13-7-8-14-19(18)24(20)21;/h1-15H;1H. The molecule has 0 aliphatic heterocycles. The van der Waals surface area contributed by atoms with E-state index in [1.165, 1.54) is 5.56 Å². The van der Waals surface area contributed by atoms with Gasteiger partial charge in [0, 0.05) is 17.4 Å². The fourth-order valence-electron chi connectivity index (χ4n) is 3.24. The number of aromatic nitrogens is 3. The first-order valence-corrected chi connectivity index (χ1v) is 8.01. The quantitative estimate of drug-likeness (QED) is 0.422. The van der Waals surface area contributed by atoms with Gasteiger partial charge in [0.15, 0.2) is 0 Å². The van der Waals surface area contributed by atoms with Gasteiger partial charge in [0.2, 0.25) is 5.78 Å². The van der Waals surface area contributed by atoms with Crippen molar-refractivity contribution in [1.29, 1.82) is 0 Å². The second kappa shape index (κ2) is 6.11. The molecule has 25 heavy (non-hydrogen) atoms. The van der Waals surface area contributed by atoms with Crippen LogP contribution in [0.2, 0.25) is 0 Å². The van der Waals surface area contributed by atoms with E-state index in [9.17, 15) is 0 Å². The van der Waals surface area contributed by atoms with Gasteiger partial charge in [-0.2, -0.15) is 0 Å². The molecule has 0 aliphatic carbocycles. The third kappa shape index (κ3) is 2.41. The SMILES string of the molecule is Cl.c1ccc(-c2cn(-c3ccccc3)c3nc4ccccc4n23)cc1. The summed E-state index contributed by atoms with van der Waals surface area (Å²) in [6.45, 7) is 0. The maximum Gasteiger partial charge on any atom is 0.220 e. The lowest BCUT2D eigenvalue weighted by Gasteiger charge is -2.01. The molecule has 2 heterocycles. The lowest BCUT2D eigenvalue weighted by molar-refractivity contribution is 1.08. The molecule has 0 bridgehead atoms. The van der Waals surface area contributed by atoms with E-state index in [1.54, 1.807) is 0 Å². The molecule has 0 fully saturated rings. The molecule has 0 atom stereocenters. The van der Waals surface area contributed by atoms with Crippen molar-refractivity contribution in [3.63, 3.8) is 0 Å². The third-order valence-corrected chi connectivity index (χ3v) is 4.35. The van der Waals surface area contributed by atoms with E-state index in [4.69, 9.17) is 4.98 Å². The molecule has 0 saturated heterocycles. The van der Waals surface area contributed by atoms with Crippen LogP contribution in [0, 0.1) is 0 Å². The van der Waals surface area contributed by atoms with E-state index in [0.29, 0.717) is 0 Å². The largest absolute Gasteiger partial charge is 0.285 e. The molecule has 0 N–H and O–H groups in total. The molecule has 0 unspecified atom stereocenters. The number of rotatable bonds is 2. The van der Waals surface area contributed by atoms with E-state index in [1.807, 2.05) is 18.2 Å². The van der Waals surface area contributed by atoms with Crippen LogP contribution in [0.3, 0.4) is 0 Å². The van der Waals surface area contributed by atoms with Crippen molar-refractivity contribution >= 4 is 29.2 Å². The van der Waals surface area contributed by atoms with E-state index in [-0.39, 0.29) is 12.4 Å². The van der Waals surface area contributed by atoms with Crippen LogP contribution < -0.4 is 0 Å². The van der Waals surface area contributed by atoms with Gasteiger partial charge in [0.25, 0.3) is 0 Å². The molecule has 0 spiro atoms. The number of hydrogen-bond donors (Lipinski definition) is 0. The normalized spacial score (nSPS) is 10.9. The Kier molecular flexibility index (Phi) is 3.79. The average molecular weight is 346 g/mol. The van der Waals surface area contributed by atoms with Crippen molar-refractivity contribution in [2.45, 2.75) is 0 Å². The minimum atomic E-state index is 0. The highest BCUT2D eigenvalue weighted by atomic mass is 35.5. The zero-order valence-corrected chi connectivity index (χ0v) is 14.2. The van der Waals surface area contributed by atoms with Crippen LogP contribution in [-0.2, 0) is 0 Å². The lowest BCUT2D eigenvalue weighted by Crippen LogP contribution is -1.92. The molecule has 5 aromatic rings. The van der Waals surface area contributed by atoms with Crippen LogP contribution in [0.25, 0.3) is 33.8 Å². The summed E-state index contributed by atoms with van der Waals surface area (Å²) in [6, 6.07) is 29.1. The van der Waals surface area contributed by atoms with Crippen molar-refractivity contribution in [1.82, 2.24) is 14.0 Å². The first-order valence-electron chi connectivity index (χ1n) is 8.01. The summed E-state index contributed by atoms with van der Waals surface area (Å²) >= 11 is 0. The highest BCUT2D eigenvalue weighted by Crippen LogP contribution is 2.29. The Hall–Kier alpha value is -3.04. The van der Waals surface area contributed by atoms with Crippen molar-refractivity contribution in [2.75, 3.05) is 0 Å². The second-order valence-electron chi connectivity index (χ2n) is 5.82. The molecule has 0 aliphatic rings. The molecule has 4 heteroatoms. The zero-order valence-electron chi connectivity index (χ0n) is 13.4. The zero-order chi connectivity index (χ0) is 15.9. The summed E-state index contributed by atoms with van der Waals surface area (Å²) < 4.78 is 4.39. The van der Waals surface area contributed by atoms with Crippen molar-refractivity contribution in [3.8, 4) is 16.9 Å². The van der Waals surface area contributed by atoms with Gasteiger partial charge in [0.1, 0.15) is 0 Å². The molecule has 0 saturated carbocycles. The van der Waals surface area contributed by atoms with Gasteiger partial charge in [-0.05, 0) is 24.3 Å². The van der Waals surface area contributed by atoms with Gasteiger partial charge >= 0.3 is 0 Å². The number of halogens is 1. The smallest absolute Gasteiger partial charge is 0.220 e. The van der Waals surface area contributed by atoms with Gasteiger partial charge in [-0.1, -0.05) is 60.7 Å². The van der Waals surface area contributed by atoms with Gasteiger partial charge in [-0.15, -0.1) is 12.4 Å². The summed E-state index contributed by atoms with van der Waals surface area (Å²) in [7, 11) is 0. The summed E-state index contributed by atoms with van der Waals surface area (Å²) in [5.41, 5.74) is 5.57. The number of nitrogens with zero attached hydrogens (tertiary/aromatic N) is 3. The van der Waals surface area contributed by atoms with Crippen LogP contribution in [-0.4, -0.2) is 14.0 Å². The number of benzene rings is 3. The van der Waals surface area contributed by atoms with Gasteiger partial charge in [0.05, 0.1) is 16.7 Å². The molecule has 0 amide bonds. The predicted molar refractivity (Wildman–Crippen MR) is 105 cm³/mol. The van der Waals surface area contributed by atoms with Crippen LogP contribution in [0.1, 0.15) is 0 Å². The van der Waals surface area contributed by atoms with Crippen LogP contribution in [0.4, 0.5) is 0 Å². The van der Waals surface area contributed by atoms with E-state index in [0.717, 1.165) is 28.2 Å². The summed E-state index contributed by atoms with van der Waals surface area (Å²) in [4.78, 5) is 4.86. The van der Waals surface area contributed by atoms with Crippen LogP contribution in [0.15, 0.2) is 91.1 Å². The second-order valence-corrected chi connectivity index (χ2v) is 5.82. The average Bonchev–Trinajstić information content (AvgIpc) is 3.20. The van der Waals surface area contributed by atoms with Gasteiger partial charge in [-0.3, -0.25) is 8.97 Å². The van der Waals surface area contributed by atoms with Crippen molar-refractivity contribution in [2.24, 2.45) is 0 Å². The summed E-state index contributed by atoms with van der Waals surface area (Å²) in [5, 5.41) is 0. The number of fused-ring (bicyclic) bond motifs is 3. The first-order chi connectivity index (χ1) is 11.9. The lowest BCUT2D eigenvalue weighted by atomic mass is 10.2. The summed E-state index contributed by atoms with van der Waals surface area (Å²) in [5.74, 6) is 0.932. The Labute approximate surface area is 151 Å². The molecule has 122 valence electrons. The topological polar surface area (TPSA) is 22.2 Å². The van der Waals surface area contributed by atoms with Crippen LogP contribution in [0.5, 0.6) is 0 Å². The fourth-order valence-corrected chi connectivity index (χ4v) is 3.24. The van der Waals surface area contributed by atoms with Gasteiger partial charge in [-0.25, -0.2) is 4.98 Å². The highest BCUT2D eigenvalue weighted by Gasteiger charge is 2.16. The van der Waals surface area contributed by atoms with E-state index in [2.05, 4.69) is 81.9 Å². The maximum atomic E-state index is 4.86. The van der Waals surface area contributed by atoms with E-state index >= 15 is 0 Å². The Morgan fingerprint density at radius 3 is 2.08 bits per heavy atom. The maximum absolute atomic E-state index is 4.86. The summed E-state index contributed by atoms with van der Waals surface area (Å²) in [6.07, 6.45) is 2.17. The Balaban J connectivity index is 0.00000157. The molecular weight excluding hydrogens is 330 g/mol. The number of hydrogen-bond acceptors (Lipinski definition) is 1. The Bertz CT molecular complexity index is 1140. The van der Waals surface area contributed by atoms with Crippen molar-refractivity contribution in [3.05, 3.63) is 91.1 Å². The molecule has 3 aromatic carbocycles. The molecule has 0 radical (unpaired) electrons. The minimum absolute atomic E-state index is 0. The number of imidazole rings is 2. The van der Waals surface area contributed by atoms with E-state index < -0.39 is 0 Å². The fraction of sp³-hybridized carbons (Fsp3) is 0. The molecular formula is C21H16ClN3. The Morgan fingerprint density at radius 2 is 1.32 bits per heavy atom. The Morgan fingerprint density at radius 1 is 0.680 bits per heavy atom. The van der Waals surface area contributed by atoms with Gasteiger partial charge < -0.3 is 0 Å². The van der Waals surface area contributed by atoms with Crippen LogP contribution >= 0.6 is 12.4 Å². The predicted octanol–water partition coefficient (Wildman–Crippen LogP) is 5.37. The minimum Gasteiger partial charge on any atom is -0.285 e. The number of para-hydroxylation sites is 3. The molecule has 2 aromatic heterocycles. The third-order valence-electron chi connectivity index (χ3n) is 4.35. The van der Waals surface area contributed by atoms with Crippen molar-refractivity contribution < 1.29 is 0 Å².